The van der Waals surface area contributed by atoms with Crippen molar-refractivity contribution in [3.8, 4) is 5.69 Å². The molecular formula is C20H32N6O2S. The van der Waals surface area contributed by atoms with Gasteiger partial charge in [0.2, 0.25) is 10.0 Å². The predicted octanol–water partition coefficient (Wildman–Crippen LogP) is 1.64. The van der Waals surface area contributed by atoms with Crippen molar-refractivity contribution in [3.63, 3.8) is 0 Å². The molecule has 0 atom stereocenters. The molecule has 0 aliphatic heterocycles. The Balaban J connectivity index is 1.84. The summed E-state index contributed by atoms with van der Waals surface area (Å²) >= 11 is 0. The average Bonchev–Trinajstić information content (AvgIpc) is 3.24. The summed E-state index contributed by atoms with van der Waals surface area (Å²) < 4.78 is 27.8. The lowest BCUT2D eigenvalue weighted by atomic mass is 10.1. The fourth-order valence-electron chi connectivity index (χ4n) is 2.92. The maximum absolute atomic E-state index is 12.3. The van der Waals surface area contributed by atoms with Gasteiger partial charge < -0.3 is 10.6 Å². The van der Waals surface area contributed by atoms with E-state index < -0.39 is 10.0 Å². The number of hydrogen-bond donors (Lipinski definition) is 2. The molecule has 0 amide bonds. The van der Waals surface area contributed by atoms with Crippen molar-refractivity contribution in [1.29, 1.82) is 0 Å². The maximum atomic E-state index is 12.3. The summed E-state index contributed by atoms with van der Waals surface area (Å²) in [7, 11) is -3.26. The molecule has 9 heteroatoms. The van der Waals surface area contributed by atoms with E-state index in [1.807, 2.05) is 49.8 Å². The van der Waals surface area contributed by atoms with E-state index in [4.69, 9.17) is 0 Å². The Labute approximate surface area is 174 Å². The van der Waals surface area contributed by atoms with Gasteiger partial charge in [-0.3, -0.25) is 4.99 Å². The Hall–Kier alpha value is -2.39. The number of sulfonamides is 1. The maximum Gasteiger partial charge on any atom is 0.215 e. The predicted molar refractivity (Wildman–Crippen MR) is 118 cm³/mol. The largest absolute Gasteiger partial charge is 0.357 e. The standard InChI is InChI=1S/C20H32N6O2S/c1-4-21-20(23-15-17-29(27,28)25(5-2)6-3)22-14-12-18-8-10-19(11-9-18)26-16-7-13-24-26/h7-11,13,16H,4-6,12,14-15,17H2,1-3H3,(H2,21,22,23). The number of nitrogens with zero attached hydrogens (tertiary/aromatic N) is 4. The van der Waals surface area contributed by atoms with Crippen molar-refractivity contribution >= 4 is 16.0 Å². The quantitative estimate of drug-likeness (QED) is 0.426. The number of rotatable bonds is 11. The van der Waals surface area contributed by atoms with E-state index in [2.05, 4.69) is 32.9 Å². The fraction of sp³-hybridized carbons (Fsp3) is 0.500. The summed E-state index contributed by atoms with van der Waals surface area (Å²) in [6.07, 6.45) is 4.50. The molecule has 2 N–H and O–H groups in total. The van der Waals surface area contributed by atoms with Crippen molar-refractivity contribution in [2.75, 3.05) is 38.5 Å². The summed E-state index contributed by atoms with van der Waals surface area (Å²) in [6.45, 7) is 8.29. The summed E-state index contributed by atoms with van der Waals surface area (Å²) in [5.41, 5.74) is 2.23. The zero-order chi connectivity index (χ0) is 21.1. The van der Waals surface area contributed by atoms with Crippen molar-refractivity contribution in [1.82, 2.24) is 24.7 Å². The molecule has 0 bridgehead atoms. The molecule has 0 aliphatic carbocycles. The zero-order valence-electron chi connectivity index (χ0n) is 17.5. The first-order valence-electron chi connectivity index (χ1n) is 10.1. The third-order valence-corrected chi connectivity index (χ3v) is 6.48. The molecule has 1 heterocycles. The molecule has 29 heavy (non-hydrogen) atoms. The van der Waals surface area contributed by atoms with Crippen LogP contribution in [0.25, 0.3) is 5.69 Å². The highest BCUT2D eigenvalue weighted by Gasteiger charge is 2.17. The minimum absolute atomic E-state index is 0.0140. The van der Waals surface area contributed by atoms with Gasteiger partial charge in [-0.25, -0.2) is 17.4 Å². The van der Waals surface area contributed by atoms with Gasteiger partial charge in [0.1, 0.15) is 0 Å². The number of aliphatic imine (C=N–C) groups is 1. The topological polar surface area (TPSA) is 91.6 Å². The molecule has 2 rings (SSSR count). The second kappa shape index (κ2) is 11.6. The molecule has 0 fully saturated rings. The Bertz CT molecular complexity index is 844. The van der Waals surface area contributed by atoms with Gasteiger partial charge in [-0.05, 0) is 37.1 Å². The van der Waals surface area contributed by atoms with Gasteiger partial charge in [-0.2, -0.15) is 5.10 Å². The molecule has 0 saturated carbocycles. The number of benzene rings is 1. The van der Waals surface area contributed by atoms with Gasteiger partial charge in [-0.1, -0.05) is 26.0 Å². The average molecular weight is 421 g/mol. The van der Waals surface area contributed by atoms with Crippen LogP contribution >= 0.6 is 0 Å². The molecule has 0 aliphatic rings. The molecule has 8 nitrogen and oxygen atoms in total. The van der Waals surface area contributed by atoms with E-state index in [1.54, 1.807) is 6.20 Å². The van der Waals surface area contributed by atoms with E-state index in [9.17, 15) is 8.42 Å². The van der Waals surface area contributed by atoms with Crippen LogP contribution in [0.2, 0.25) is 0 Å². The van der Waals surface area contributed by atoms with Crippen molar-refractivity contribution in [3.05, 3.63) is 48.3 Å². The van der Waals surface area contributed by atoms with Gasteiger partial charge in [0.15, 0.2) is 5.96 Å². The molecule has 2 aromatic rings. The molecule has 0 radical (unpaired) electrons. The van der Waals surface area contributed by atoms with Gasteiger partial charge in [0, 0.05) is 38.6 Å². The van der Waals surface area contributed by atoms with E-state index in [-0.39, 0.29) is 12.3 Å². The van der Waals surface area contributed by atoms with Crippen molar-refractivity contribution < 1.29 is 8.42 Å². The molecule has 1 aromatic carbocycles. The first-order valence-corrected chi connectivity index (χ1v) is 11.7. The summed E-state index contributed by atoms with van der Waals surface area (Å²) in [5, 5.41) is 10.7. The summed E-state index contributed by atoms with van der Waals surface area (Å²) in [4.78, 5) is 4.41. The first-order chi connectivity index (χ1) is 14.0. The van der Waals surface area contributed by atoms with E-state index in [0.717, 1.165) is 12.1 Å². The van der Waals surface area contributed by atoms with Crippen LogP contribution < -0.4 is 10.6 Å². The van der Waals surface area contributed by atoms with Crippen molar-refractivity contribution in [2.24, 2.45) is 4.99 Å². The number of guanidine groups is 1. The minimum Gasteiger partial charge on any atom is -0.357 e. The van der Waals surface area contributed by atoms with Gasteiger partial charge in [0.05, 0.1) is 18.0 Å². The normalized spacial score (nSPS) is 12.3. The Morgan fingerprint density at radius 3 is 2.45 bits per heavy atom. The zero-order valence-corrected chi connectivity index (χ0v) is 18.3. The Kier molecular flexibility index (Phi) is 9.14. The van der Waals surface area contributed by atoms with Gasteiger partial charge in [-0.15, -0.1) is 0 Å². The van der Waals surface area contributed by atoms with Crippen LogP contribution in [0.3, 0.4) is 0 Å². The van der Waals surface area contributed by atoms with E-state index in [1.165, 1.54) is 9.87 Å². The van der Waals surface area contributed by atoms with E-state index in [0.29, 0.717) is 32.1 Å². The second-order valence-electron chi connectivity index (χ2n) is 6.45. The van der Waals surface area contributed by atoms with E-state index >= 15 is 0 Å². The Morgan fingerprint density at radius 2 is 1.86 bits per heavy atom. The summed E-state index contributed by atoms with van der Waals surface area (Å²) in [5.74, 6) is 0.649. The highest BCUT2D eigenvalue weighted by molar-refractivity contribution is 7.89. The lowest BCUT2D eigenvalue weighted by molar-refractivity contribution is 0.445. The highest BCUT2D eigenvalue weighted by Crippen LogP contribution is 2.08. The van der Waals surface area contributed by atoms with Crippen molar-refractivity contribution in [2.45, 2.75) is 27.2 Å². The van der Waals surface area contributed by atoms with Crippen LogP contribution in [0.5, 0.6) is 0 Å². The lowest BCUT2D eigenvalue weighted by Crippen LogP contribution is -2.39. The molecule has 1 aromatic heterocycles. The first kappa shape index (κ1) is 22.9. The molecule has 0 unspecified atom stereocenters. The molecular weight excluding hydrogens is 388 g/mol. The second-order valence-corrected chi connectivity index (χ2v) is 8.54. The lowest BCUT2D eigenvalue weighted by Gasteiger charge is -2.18. The van der Waals surface area contributed by atoms with Gasteiger partial charge in [0.25, 0.3) is 0 Å². The molecule has 160 valence electrons. The SMILES string of the molecule is CCNC(=NCCS(=O)(=O)N(CC)CC)NCCc1ccc(-n2cccn2)cc1. The van der Waals surface area contributed by atoms with Crippen LogP contribution in [0.1, 0.15) is 26.3 Å². The number of nitrogens with one attached hydrogen (secondary N) is 2. The number of hydrogen-bond acceptors (Lipinski definition) is 4. The number of aromatic nitrogens is 2. The monoisotopic (exact) mass is 420 g/mol. The van der Waals surface area contributed by atoms with Gasteiger partial charge >= 0.3 is 0 Å². The Morgan fingerprint density at radius 1 is 1.14 bits per heavy atom. The van der Waals surface area contributed by atoms with Crippen LogP contribution in [0.15, 0.2) is 47.7 Å². The fourth-order valence-corrected chi connectivity index (χ4v) is 4.29. The smallest absolute Gasteiger partial charge is 0.215 e. The molecule has 0 spiro atoms. The third kappa shape index (κ3) is 7.17. The third-order valence-electron chi connectivity index (χ3n) is 4.47. The highest BCUT2D eigenvalue weighted by atomic mass is 32.2. The van der Waals surface area contributed by atoms with Crippen LogP contribution in [0.4, 0.5) is 0 Å². The van der Waals surface area contributed by atoms with Crippen LogP contribution in [-0.2, 0) is 16.4 Å². The van der Waals surface area contributed by atoms with Crippen LogP contribution in [-0.4, -0.2) is 66.9 Å². The van der Waals surface area contributed by atoms with Crippen LogP contribution in [0, 0.1) is 0 Å². The molecule has 0 saturated heterocycles. The minimum atomic E-state index is -3.26. The summed E-state index contributed by atoms with van der Waals surface area (Å²) in [6, 6.07) is 10.1.